The van der Waals surface area contributed by atoms with Crippen LogP contribution in [0.4, 0.5) is 4.79 Å². The first-order chi connectivity index (χ1) is 6.16. The Balaban J connectivity index is 1.80. The van der Waals surface area contributed by atoms with Crippen LogP contribution in [0.5, 0.6) is 0 Å². The second kappa shape index (κ2) is 2.90. The molecule has 1 aliphatic heterocycles. The molecule has 2 aliphatic rings. The van der Waals surface area contributed by atoms with Crippen molar-refractivity contribution in [2.45, 2.75) is 25.4 Å². The number of amides is 3. The number of carbonyl (C=O) groups excluding carboxylic acids is 2. The number of hydrogen-bond donors (Lipinski definition) is 3. The number of urea groups is 1. The molecule has 0 aromatic carbocycles. The summed E-state index contributed by atoms with van der Waals surface area (Å²) >= 11 is 0. The molecule has 3 atom stereocenters. The van der Waals surface area contributed by atoms with Gasteiger partial charge in [-0.3, -0.25) is 4.79 Å². The average molecular weight is 183 g/mol. The Labute approximate surface area is 76.3 Å². The predicted octanol–water partition coefficient (Wildman–Crippen LogP) is -0.808. The Morgan fingerprint density at radius 1 is 1.62 bits per heavy atom. The first kappa shape index (κ1) is 8.34. The standard InChI is InChI=1S/C8H13N3O2/c1-4-2-5(4)10-7(12)6-3-9-8(13)11-6/h4-6H,2-3H2,1H3,(H,10,12)(H2,9,11,13)/t4-,5-,6?/m1/s1. The van der Waals surface area contributed by atoms with Crippen molar-refractivity contribution in [3.05, 3.63) is 0 Å². The van der Waals surface area contributed by atoms with Gasteiger partial charge < -0.3 is 16.0 Å². The first-order valence-electron chi connectivity index (χ1n) is 4.51. The predicted molar refractivity (Wildman–Crippen MR) is 46.0 cm³/mol. The zero-order valence-corrected chi connectivity index (χ0v) is 7.46. The van der Waals surface area contributed by atoms with Gasteiger partial charge in [0.1, 0.15) is 6.04 Å². The van der Waals surface area contributed by atoms with Crippen molar-refractivity contribution < 1.29 is 9.59 Å². The molecule has 0 radical (unpaired) electrons. The molecule has 2 fully saturated rings. The molecular weight excluding hydrogens is 170 g/mol. The van der Waals surface area contributed by atoms with E-state index in [1.54, 1.807) is 0 Å². The molecule has 5 nitrogen and oxygen atoms in total. The molecule has 0 aromatic heterocycles. The van der Waals surface area contributed by atoms with Gasteiger partial charge in [0.2, 0.25) is 5.91 Å². The SMILES string of the molecule is C[C@@H]1C[C@H]1NC(=O)C1CNC(=O)N1. The molecule has 3 amide bonds. The van der Waals surface area contributed by atoms with Crippen LogP contribution in [0.1, 0.15) is 13.3 Å². The van der Waals surface area contributed by atoms with Crippen molar-refractivity contribution in [2.24, 2.45) is 5.92 Å². The largest absolute Gasteiger partial charge is 0.351 e. The van der Waals surface area contributed by atoms with Gasteiger partial charge in [0.15, 0.2) is 0 Å². The van der Waals surface area contributed by atoms with Crippen molar-refractivity contribution in [3.8, 4) is 0 Å². The van der Waals surface area contributed by atoms with E-state index in [1.807, 2.05) is 0 Å². The van der Waals surface area contributed by atoms with E-state index >= 15 is 0 Å². The normalized spacial score (nSPS) is 36.4. The summed E-state index contributed by atoms with van der Waals surface area (Å²) in [5, 5.41) is 7.96. The number of nitrogens with one attached hydrogen (secondary N) is 3. The van der Waals surface area contributed by atoms with Gasteiger partial charge in [0.25, 0.3) is 0 Å². The quantitative estimate of drug-likeness (QED) is 0.524. The van der Waals surface area contributed by atoms with Crippen molar-refractivity contribution >= 4 is 11.9 Å². The lowest BCUT2D eigenvalue weighted by Gasteiger charge is -2.08. The summed E-state index contributed by atoms with van der Waals surface area (Å²) in [5.41, 5.74) is 0. The maximum atomic E-state index is 11.4. The van der Waals surface area contributed by atoms with Crippen molar-refractivity contribution in [3.63, 3.8) is 0 Å². The summed E-state index contributed by atoms with van der Waals surface area (Å²) in [6.45, 7) is 2.49. The van der Waals surface area contributed by atoms with Gasteiger partial charge in [-0.05, 0) is 12.3 Å². The molecule has 0 spiro atoms. The van der Waals surface area contributed by atoms with Crippen LogP contribution in [0.3, 0.4) is 0 Å². The number of rotatable bonds is 2. The molecule has 72 valence electrons. The monoisotopic (exact) mass is 183 g/mol. The highest BCUT2D eigenvalue weighted by molar-refractivity contribution is 5.90. The zero-order valence-electron chi connectivity index (χ0n) is 7.46. The molecule has 1 saturated heterocycles. The van der Waals surface area contributed by atoms with E-state index in [1.165, 1.54) is 0 Å². The molecule has 13 heavy (non-hydrogen) atoms. The smallest absolute Gasteiger partial charge is 0.315 e. The summed E-state index contributed by atoms with van der Waals surface area (Å²) < 4.78 is 0. The molecule has 1 aliphatic carbocycles. The van der Waals surface area contributed by atoms with Crippen LogP contribution in [0.25, 0.3) is 0 Å². The Kier molecular flexibility index (Phi) is 1.86. The van der Waals surface area contributed by atoms with Crippen LogP contribution in [-0.4, -0.2) is 30.6 Å². The van der Waals surface area contributed by atoms with E-state index in [0.717, 1.165) is 6.42 Å². The summed E-state index contributed by atoms with van der Waals surface area (Å²) in [4.78, 5) is 22.1. The van der Waals surface area contributed by atoms with Gasteiger partial charge in [-0.15, -0.1) is 0 Å². The summed E-state index contributed by atoms with van der Waals surface area (Å²) in [5.74, 6) is 0.515. The van der Waals surface area contributed by atoms with E-state index in [4.69, 9.17) is 0 Å². The molecular formula is C8H13N3O2. The maximum Gasteiger partial charge on any atom is 0.315 e. The second-order valence-electron chi connectivity index (χ2n) is 3.74. The summed E-state index contributed by atoms with van der Waals surface area (Å²) in [7, 11) is 0. The highest BCUT2D eigenvalue weighted by Gasteiger charge is 2.36. The van der Waals surface area contributed by atoms with Crippen molar-refractivity contribution in [1.82, 2.24) is 16.0 Å². The third-order valence-electron chi connectivity index (χ3n) is 2.53. The van der Waals surface area contributed by atoms with Crippen LogP contribution in [-0.2, 0) is 4.79 Å². The maximum absolute atomic E-state index is 11.4. The Morgan fingerprint density at radius 3 is 2.77 bits per heavy atom. The van der Waals surface area contributed by atoms with Gasteiger partial charge in [-0.2, -0.15) is 0 Å². The Bertz CT molecular complexity index is 254. The lowest BCUT2D eigenvalue weighted by molar-refractivity contribution is -0.122. The number of carbonyl (C=O) groups is 2. The van der Waals surface area contributed by atoms with E-state index in [9.17, 15) is 9.59 Å². The van der Waals surface area contributed by atoms with E-state index in [2.05, 4.69) is 22.9 Å². The summed E-state index contributed by atoms with van der Waals surface area (Å²) in [6.07, 6.45) is 1.06. The van der Waals surface area contributed by atoms with Gasteiger partial charge in [0, 0.05) is 12.6 Å². The molecule has 1 unspecified atom stereocenters. The second-order valence-corrected chi connectivity index (χ2v) is 3.74. The molecule has 3 N–H and O–H groups in total. The van der Waals surface area contributed by atoms with Crippen LogP contribution in [0.15, 0.2) is 0 Å². The topological polar surface area (TPSA) is 70.2 Å². The van der Waals surface area contributed by atoms with Crippen LogP contribution < -0.4 is 16.0 Å². The highest BCUT2D eigenvalue weighted by Crippen LogP contribution is 2.28. The van der Waals surface area contributed by atoms with Crippen LogP contribution >= 0.6 is 0 Å². The minimum absolute atomic E-state index is 0.0762. The Morgan fingerprint density at radius 2 is 2.31 bits per heavy atom. The molecule has 1 saturated carbocycles. The minimum atomic E-state index is -0.389. The fourth-order valence-electron chi connectivity index (χ4n) is 1.42. The van der Waals surface area contributed by atoms with Crippen LogP contribution in [0.2, 0.25) is 0 Å². The summed E-state index contributed by atoms with van der Waals surface area (Å²) in [6, 6.07) is -0.325. The minimum Gasteiger partial charge on any atom is -0.351 e. The third kappa shape index (κ3) is 1.74. The zero-order chi connectivity index (χ0) is 9.42. The molecule has 5 heteroatoms. The molecule has 2 rings (SSSR count). The van der Waals surface area contributed by atoms with Crippen molar-refractivity contribution in [2.75, 3.05) is 6.54 Å². The van der Waals surface area contributed by atoms with Gasteiger partial charge in [-0.25, -0.2) is 4.79 Å². The van der Waals surface area contributed by atoms with E-state index < -0.39 is 0 Å². The van der Waals surface area contributed by atoms with Gasteiger partial charge >= 0.3 is 6.03 Å². The fourth-order valence-corrected chi connectivity index (χ4v) is 1.42. The molecule has 0 bridgehead atoms. The van der Waals surface area contributed by atoms with Gasteiger partial charge in [0.05, 0.1) is 0 Å². The molecule has 1 heterocycles. The lowest BCUT2D eigenvalue weighted by atomic mass is 10.3. The van der Waals surface area contributed by atoms with Gasteiger partial charge in [-0.1, -0.05) is 6.92 Å². The third-order valence-corrected chi connectivity index (χ3v) is 2.53. The number of hydrogen-bond acceptors (Lipinski definition) is 2. The Hall–Kier alpha value is -1.26. The highest BCUT2D eigenvalue weighted by atomic mass is 16.2. The van der Waals surface area contributed by atoms with E-state index in [0.29, 0.717) is 18.5 Å². The lowest BCUT2D eigenvalue weighted by Crippen LogP contribution is -2.44. The van der Waals surface area contributed by atoms with E-state index in [-0.39, 0.29) is 18.0 Å². The molecule has 0 aromatic rings. The van der Waals surface area contributed by atoms with Crippen molar-refractivity contribution in [1.29, 1.82) is 0 Å². The fraction of sp³-hybridized carbons (Fsp3) is 0.750. The first-order valence-corrected chi connectivity index (χ1v) is 4.51. The average Bonchev–Trinajstić information content (AvgIpc) is 2.62. The van der Waals surface area contributed by atoms with Crippen LogP contribution in [0, 0.1) is 5.92 Å².